The maximum absolute atomic E-state index is 11.3. The number of hydrogen-bond acceptors (Lipinski definition) is 2. The van der Waals surface area contributed by atoms with Crippen molar-refractivity contribution < 1.29 is 0 Å². The van der Waals surface area contributed by atoms with Gasteiger partial charge in [0.15, 0.2) is 0 Å². The van der Waals surface area contributed by atoms with Crippen molar-refractivity contribution in [2.75, 3.05) is 0 Å². The van der Waals surface area contributed by atoms with E-state index in [0.29, 0.717) is 5.52 Å². The van der Waals surface area contributed by atoms with Crippen molar-refractivity contribution in [1.82, 2.24) is 9.97 Å². The summed E-state index contributed by atoms with van der Waals surface area (Å²) in [5, 5.41) is 0. The van der Waals surface area contributed by atoms with Gasteiger partial charge in [0.2, 0.25) is 0 Å². The molecule has 84 valence electrons. The summed E-state index contributed by atoms with van der Waals surface area (Å²) in [5.74, 6) is 0. The number of aromatic amines is 2. The Hall–Kier alpha value is -1.84. The average Bonchev–Trinajstić information content (AvgIpc) is 2.28. The number of benzene rings is 1. The predicted octanol–water partition coefficient (Wildman–Crippen LogP) is 1.56. The smallest absolute Gasteiger partial charge is 0.314 e. The number of para-hydroxylation sites is 1. The number of rotatable bonds is 3. The van der Waals surface area contributed by atoms with Gasteiger partial charge in [-0.15, -0.1) is 0 Å². The largest absolute Gasteiger partial charge is 0.316 e. The minimum Gasteiger partial charge on any atom is -0.316 e. The van der Waals surface area contributed by atoms with E-state index in [1.807, 2.05) is 12.1 Å². The molecule has 0 amide bonds. The molecule has 0 bridgehead atoms. The summed E-state index contributed by atoms with van der Waals surface area (Å²) < 4.78 is 0. The highest BCUT2D eigenvalue weighted by Gasteiger charge is 2.03. The van der Waals surface area contributed by atoms with Crippen LogP contribution < -0.4 is 11.1 Å². The molecule has 4 nitrogen and oxygen atoms in total. The number of aryl methyl sites for hydroxylation is 1. The Morgan fingerprint density at radius 2 is 1.88 bits per heavy atom. The molecule has 0 saturated heterocycles. The fourth-order valence-corrected chi connectivity index (χ4v) is 1.78. The summed E-state index contributed by atoms with van der Waals surface area (Å²) in [7, 11) is 0. The zero-order valence-corrected chi connectivity index (χ0v) is 9.17. The number of aromatic nitrogens is 2. The first-order valence-electron chi connectivity index (χ1n) is 5.46. The lowest BCUT2D eigenvalue weighted by molar-refractivity contribution is 0.797. The minimum absolute atomic E-state index is 0.587. The van der Waals surface area contributed by atoms with Gasteiger partial charge in [-0.3, -0.25) is 9.59 Å². The average molecular weight is 218 g/mol. The highest BCUT2D eigenvalue weighted by Crippen LogP contribution is 2.14. The minimum atomic E-state index is -0.597. The van der Waals surface area contributed by atoms with Crippen molar-refractivity contribution in [3.05, 3.63) is 44.5 Å². The van der Waals surface area contributed by atoms with Gasteiger partial charge in [-0.05, 0) is 24.5 Å². The molecule has 2 rings (SSSR count). The maximum Gasteiger partial charge on any atom is 0.314 e. The van der Waals surface area contributed by atoms with Crippen LogP contribution in [0.25, 0.3) is 11.0 Å². The van der Waals surface area contributed by atoms with Crippen LogP contribution in [0.2, 0.25) is 0 Å². The SMILES string of the molecule is CCCCc1cccc2[nH]c(=O)c(=O)[nH]c12. The van der Waals surface area contributed by atoms with Crippen molar-refractivity contribution in [3.8, 4) is 0 Å². The Morgan fingerprint density at radius 3 is 2.62 bits per heavy atom. The van der Waals surface area contributed by atoms with E-state index in [1.54, 1.807) is 6.07 Å². The van der Waals surface area contributed by atoms with Gasteiger partial charge in [0, 0.05) is 0 Å². The highest BCUT2D eigenvalue weighted by atomic mass is 16.2. The van der Waals surface area contributed by atoms with Crippen LogP contribution in [-0.2, 0) is 6.42 Å². The number of hydrogen-bond donors (Lipinski definition) is 2. The van der Waals surface area contributed by atoms with Crippen LogP contribution in [0.4, 0.5) is 0 Å². The third-order valence-corrected chi connectivity index (χ3v) is 2.64. The molecule has 0 aliphatic rings. The summed E-state index contributed by atoms with van der Waals surface area (Å²) >= 11 is 0. The third-order valence-electron chi connectivity index (χ3n) is 2.64. The van der Waals surface area contributed by atoms with Crippen LogP contribution in [0, 0.1) is 0 Å². The van der Waals surface area contributed by atoms with Gasteiger partial charge in [-0.25, -0.2) is 0 Å². The van der Waals surface area contributed by atoms with Gasteiger partial charge in [-0.1, -0.05) is 25.5 Å². The van der Waals surface area contributed by atoms with Crippen LogP contribution in [0.3, 0.4) is 0 Å². The van der Waals surface area contributed by atoms with Gasteiger partial charge in [0.1, 0.15) is 0 Å². The van der Waals surface area contributed by atoms with E-state index in [2.05, 4.69) is 16.9 Å². The van der Waals surface area contributed by atoms with Gasteiger partial charge in [-0.2, -0.15) is 0 Å². The second-order valence-corrected chi connectivity index (χ2v) is 3.85. The predicted molar refractivity (Wildman–Crippen MR) is 63.8 cm³/mol. The lowest BCUT2D eigenvalue weighted by Crippen LogP contribution is -2.29. The number of fused-ring (bicyclic) bond motifs is 1. The molecule has 0 atom stereocenters. The quantitative estimate of drug-likeness (QED) is 0.768. The first-order valence-corrected chi connectivity index (χ1v) is 5.46. The molecule has 2 aromatic rings. The van der Waals surface area contributed by atoms with Crippen molar-refractivity contribution >= 4 is 11.0 Å². The van der Waals surface area contributed by atoms with E-state index in [4.69, 9.17) is 0 Å². The molecule has 0 saturated carbocycles. The van der Waals surface area contributed by atoms with Crippen molar-refractivity contribution in [1.29, 1.82) is 0 Å². The Kier molecular flexibility index (Phi) is 2.90. The molecular formula is C12H14N2O2. The second-order valence-electron chi connectivity index (χ2n) is 3.85. The van der Waals surface area contributed by atoms with Gasteiger partial charge < -0.3 is 9.97 Å². The van der Waals surface area contributed by atoms with Crippen LogP contribution in [0.1, 0.15) is 25.3 Å². The molecule has 1 heterocycles. The van der Waals surface area contributed by atoms with Gasteiger partial charge >= 0.3 is 11.1 Å². The molecule has 0 aliphatic carbocycles. The zero-order valence-electron chi connectivity index (χ0n) is 9.17. The molecule has 1 aromatic heterocycles. The third kappa shape index (κ3) is 1.91. The molecular weight excluding hydrogens is 204 g/mol. The first kappa shape index (κ1) is 10.7. The Morgan fingerprint density at radius 1 is 1.12 bits per heavy atom. The number of unbranched alkanes of at least 4 members (excludes halogenated alkanes) is 1. The molecule has 2 N–H and O–H groups in total. The Labute approximate surface area is 92.3 Å². The van der Waals surface area contributed by atoms with Crippen LogP contribution in [-0.4, -0.2) is 9.97 Å². The van der Waals surface area contributed by atoms with Gasteiger partial charge in [0.05, 0.1) is 11.0 Å². The van der Waals surface area contributed by atoms with E-state index < -0.39 is 11.1 Å². The molecule has 0 radical (unpaired) electrons. The standard InChI is InChI=1S/C12H14N2O2/c1-2-3-5-8-6-4-7-9-10(8)14-12(16)11(15)13-9/h4,6-7H,2-3,5H2,1H3,(H,13,15)(H,14,16). The summed E-state index contributed by atoms with van der Waals surface area (Å²) in [6, 6.07) is 5.66. The number of nitrogens with one attached hydrogen (secondary N) is 2. The normalized spacial score (nSPS) is 10.8. The lowest BCUT2D eigenvalue weighted by Gasteiger charge is -2.04. The fourth-order valence-electron chi connectivity index (χ4n) is 1.78. The van der Waals surface area contributed by atoms with E-state index in [9.17, 15) is 9.59 Å². The highest BCUT2D eigenvalue weighted by molar-refractivity contribution is 5.77. The Balaban J connectivity index is 2.62. The summed E-state index contributed by atoms with van der Waals surface area (Å²) in [5.41, 5.74) is 1.34. The number of H-pyrrole nitrogens is 2. The van der Waals surface area contributed by atoms with E-state index in [0.717, 1.165) is 30.3 Å². The monoisotopic (exact) mass is 218 g/mol. The van der Waals surface area contributed by atoms with Crippen LogP contribution in [0.5, 0.6) is 0 Å². The molecule has 0 aliphatic heterocycles. The second kappa shape index (κ2) is 4.35. The fraction of sp³-hybridized carbons (Fsp3) is 0.333. The van der Waals surface area contributed by atoms with E-state index >= 15 is 0 Å². The summed E-state index contributed by atoms with van der Waals surface area (Å²) in [4.78, 5) is 27.6. The maximum atomic E-state index is 11.3. The van der Waals surface area contributed by atoms with Crippen molar-refractivity contribution in [3.63, 3.8) is 0 Å². The van der Waals surface area contributed by atoms with Gasteiger partial charge in [0.25, 0.3) is 0 Å². The zero-order chi connectivity index (χ0) is 11.5. The molecule has 1 aromatic carbocycles. The molecule has 0 fully saturated rings. The molecule has 0 unspecified atom stereocenters. The van der Waals surface area contributed by atoms with Crippen molar-refractivity contribution in [2.45, 2.75) is 26.2 Å². The van der Waals surface area contributed by atoms with Crippen molar-refractivity contribution in [2.24, 2.45) is 0 Å². The summed E-state index contributed by atoms with van der Waals surface area (Å²) in [6.45, 7) is 2.12. The topological polar surface area (TPSA) is 65.7 Å². The van der Waals surface area contributed by atoms with Crippen LogP contribution >= 0.6 is 0 Å². The first-order chi connectivity index (χ1) is 7.72. The van der Waals surface area contributed by atoms with E-state index in [-0.39, 0.29) is 0 Å². The molecule has 16 heavy (non-hydrogen) atoms. The molecule has 4 heteroatoms. The lowest BCUT2D eigenvalue weighted by atomic mass is 10.1. The van der Waals surface area contributed by atoms with E-state index in [1.165, 1.54) is 0 Å². The molecule has 0 spiro atoms. The Bertz CT molecular complexity index is 610. The van der Waals surface area contributed by atoms with Crippen LogP contribution in [0.15, 0.2) is 27.8 Å². The summed E-state index contributed by atoms with van der Waals surface area (Å²) in [6.07, 6.45) is 3.08.